The van der Waals surface area contributed by atoms with E-state index >= 15 is 0 Å². The summed E-state index contributed by atoms with van der Waals surface area (Å²) < 4.78 is 11.1. The molecule has 3 aliphatic rings. The van der Waals surface area contributed by atoms with Crippen LogP contribution in [0.2, 0.25) is 5.02 Å². The number of hydrogen-bond acceptors (Lipinski definition) is 5. The molecule has 2 unspecified atom stereocenters. The molecule has 0 saturated carbocycles. The van der Waals surface area contributed by atoms with Gasteiger partial charge in [-0.1, -0.05) is 23.7 Å². The molecule has 2 atom stereocenters. The van der Waals surface area contributed by atoms with Crippen molar-refractivity contribution < 1.29 is 19.1 Å². The number of carbonyl (C=O) groups excluding carboxylic acids is 2. The summed E-state index contributed by atoms with van der Waals surface area (Å²) in [5.74, 6) is 0.496. The Morgan fingerprint density at radius 3 is 2.56 bits per heavy atom. The Morgan fingerprint density at radius 2 is 1.85 bits per heavy atom. The second-order valence-electron chi connectivity index (χ2n) is 10.9. The smallest absolute Gasteiger partial charge is 0.253 e. The van der Waals surface area contributed by atoms with Gasteiger partial charge in [-0.25, -0.2) is 0 Å². The third kappa shape index (κ3) is 6.65. The first-order chi connectivity index (χ1) is 18.9. The number of rotatable bonds is 6. The van der Waals surface area contributed by atoms with E-state index in [1.165, 1.54) is 5.22 Å². The maximum absolute atomic E-state index is 13.1. The molecule has 2 aromatic carbocycles. The molecule has 0 aliphatic carbocycles. The third-order valence-electron chi connectivity index (χ3n) is 8.17. The minimum absolute atomic E-state index is 0.0763. The highest BCUT2D eigenvalue weighted by molar-refractivity contribution is 6.30. The van der Waals surface area contributed by atoms with E-state index in [4.69, 9.17) is 21.1 Å². The van der Waals surface area contributed by atoms with Crippen LogP contribution in [0, 0.1) is 12.8 Å². The monoisotopic (exact) mass is 551 g/mol. The summed E-state index contributed by atoms with van der Waals surface area (Å²) in [6.07, 6.45) is 7.32. The molecule has 2 fully saturated rings. The molecule has 8 heteroatoms. The van der Waals surface area contributed by atoms with Crippen LogP contribution in [0.4, 0.5) is 0 Å². The van der Waals surface area contributed by atoms with Crippen LogP contribution in [0.15, 0.2) is 36.4 Å². The van der Waals surface area contributed by atoms with Gasteiger partial charge in [-0.05, 0) is 80.1 Å². The lowest BCUT2D eigenvalue weighted by Crippen LogP contribution is -2.42. The van der Waals surface area contributed by atoms with Crippen LogP contribution in [-0.4, -0.2) is 79.8 Å². The highest BCUT2D eigenvalue weighted by Gasteiger charge is 2.26. The van der Waals surface area contributed by atoms with Crippen molar-refractivity contribution >= 4 is 35.7 Å². The summed E-state index contributed by atoms with van der Waals surface area (Å²) in [5, 5.41) is 5.95. The molecule has 0 radical (unpaired) electrons. The summed E-state index contributed by atoms with van der Waals surface area (Å²) in [7, 11) is 0. The molecule has 2 amide bonds. The van der Waals surface area contributed by atoms with Crippen molar-refractivity contribution in [3.63, 3.8) is 0 Å². The van der Waals surface area contributed by atoms with Gasteiger partial charge < -0.3 is 24.6 Å². The van der Waals surface area contributed by atoms with Crippen molar-refractivity contribution in [2.75, 3.05) is 46.0 Å². The fraction of sp³-hybridized carbons (Fsp3) is 0.484. The van der Waals surface area contributed by atoms with E-state index in [9.17, 15) is 9.59 Å². The zero-order valence-corrected chi connectivity index (χ0v) is 23.6. The highest BCUT2D eigenvalue weighted by Crippen LogP contribution is 2.23. The van der Waals surface area contributed by atoms with Crippen LogP contribution in [0.1, 0.15) is 52.5 Å². The largest absolute Gasteiger partial charge is 0.376 e. The van der Waals surface area contributed by atoms with E-state index in [1.807, 2.05) is 17.9 Å². The van der Waals surface area contributed by atoms with E-state index in [0.717, 1.165) is 49.7 Å². The first-order valence-corrected chi connectivity index (χ1v) is 14.4. The normalized spacial score (nSPS) is 21.8. The van der Waals surface area contributed by atoms with Crippen LogP contribution in [0.25, 0.3) is 12.3 Å². The number of fused-ring (bicyclic) bond motifs is 1. The predicted molar refractivity (Wildman–Crippen MR) is 153 cm³/mol. The van der Waals surface area contributed by atoms with Gasteiger partial charge in [-0.3, -0.25) is 9.59 Å². The minimum atomic E-state index is -0.104. The summed E-state index contributed by atoms with van der Waals surface area (Å²) >= 11 is 5.98. The van der Waals surface area contributed by atoms with Crippen LogP contribution >= 0.6 is 11.6 Å². The lowest BCUT2D eigenvalue weighted by atomic mass is 9.95. The molecule has 39 heavy (non-hydrogen) atoms. The molecule has 3 aliphatic heterocycles. The van der Waals surface area contributed by atoms with Crippen LogP contribution < -0.4 is 15.8 Å². The average Bonchev–Trinajstić information content (AvgIpc) is 3.12. The van der Waals surface area contributed by atoms with Gasteiger partial charge in [0.05, 0.1) is 25.9 Å². The fourth-order valence-corrected chi connectivity index (χ4v) is 5.78. The molecular formula is C31H38ClN3O4. The second kappa shape index (κ2) is 12.5. The van der Waals surface area contributed by atoms with Gasteiger partial charge >= 0.3 is 0 Å². The van der Waals surface area contributed by atoms with Crippen molar-refractivity contribution in [2.45, 2.75) is 45.3 Å². The molecule has 7 nitrogen and oxygen atoms in total. The molecule has 2 aromatic rings. The number of halogens is 1. The number of likely N-dealkylation sites (tertiary alicyclic amines) is 1. The van der Waals surface area contributed by atoms with Crippen molar-refractivity contribution in [2.24, 2.45) is 5.92 Å². The summed E-state index contributed by atoms with van der Waals surface area (Å²) in [5.41, 5.74) is 2.37. The van der Waals surface area contributed by atoms with E-state index in [0.29, 0.717) is 54.5 Å². The second-order valence-corrected chi connectivity index (χ2v) is 11.3. The number of ether oxygens (including phenoxy) is 2. The number of nitrogens with one attached hydrogen (secondary N) is 1. The molecule has 0 bridgehead atoms. The number of carbonyl (C=O) groups is 2. The zero-order chi connectivity index (χ0) is 27.4. The Kier molecular flexibility index (Phi) is 8.90. The lowest BCUT2D eigenvalue weighted by Gasteiger charge is -2.36. The Morgan fingerprint density at radius 1 is 1.08 bits per heavy atom. The van der Waals surface area contributed by atoms with Crippen molar-refractivity contribution in [3.05, 3.63) is 68.5 Å². The van der Waals surface area contributed by atoms with E-state index in [2.05, 4.69) is 35.5 Å². The van der Waals surface area contributed by atoms with Crippen LogP contribution in [0.3, 0.4) is 0 Å². The Balaban J connectivity index is 1.25. The molecule has 0 aromatic heterocycles. The summed E-state index contributed by atoms with van der Waals surface area (Å²) in [6, 6.07) is 11.5. The molecule has 2 saturated heterocycles. The Bertz CT molecular complexity index is 1300. The number of nitrogens with zero attached hydrogens (tertiary/aromatic N) is 2. The lowest BCUT2D eigenvalue weighted by molar-refractivity contribution is -0.0855. The van der Waals surface area contributed by atoms with Gasteiger partial charge in [0.2, 0.25) is 0 Å². The maximum atomic E-state index is 13.1. The highest BCUT2D eigenvalue weighted by atomic mass is 35.5. The van der Waals surface area contributed by atoms with Gasteiger partial charge in [0.25, 0.3) is 11.8 Å². The first kappa shape index (κ1) is 27.7. The van der Waals surface area contributed by atoms with Gasteiger partial charge in [0.15, 0.2) is 0 Å². The minimum Gasteiger partial charge on any atom is -0.376 e. The number of benzene rings is 2. The number of piperidine rings is 1. The van der Waals surface area contributed by atoms with Gasteiger partial charge in [-0.15, -0.1) is 0 Å². The molecular weight excluding hydrogens is 514 g/mol. The van der Waals surface area contributed by atoms with Crippen molar-refractivity contribution in [1.29, 1.82) is 0 Å². The molecule has 5 rings (SSSR count). The van der Waals surface area contributed by atoms with Gasteiger partial charge in [0, 0.05) is 59.8 Å². The number of hydrogen-bond donors (Lipinski definition) is 1. The van der Waals surface area contributed by atoms with Crippen LogP contribution in [0.5, 0.6) is 0 Å². The Hall–Kier alpha value is -2.87. The third-order valence-corrected chi connectivity index (χ3v) is 8.42. The zero-order valence-electron chi connectivity index (χ0n) is 22.8. The quantitative estimate of drug-likeness (QED) is 0.598. The summed E-state index contributed by atoms with van der Waals surface area (Å²) in [4.78, 5) is 30.4. The van der Waals surface area contributed by atoms with Gasteiger partial charge in [0.1, 0.15) is 0 Å². The molecule has 3 heterocycles. The average molecular weight is 552 g/mol. The molecule has 208 valence electrons. The van der Waals surface area contributed by atoms with E-state index in [-0.39, 0.29) is 17.9 Å². The topological polar surface area (TPSA) is 71.1 Å². The predicted octanol–water partition coefficient (Wildman–Crippen LogP) is 2.96. The van der Waals surface area contributed by atoms with Crippen LogP contribution in [-0.2, 0) is 9.47 Å². The molecule has 1 N–H and O–H groups in total. The van der Waals surface area contributed by atoms with Gasteiger partial charge in [-0.2, -0.15) is 0 Å². The van der Waals surface area contributed by atoms with E-state index in [1.54, 1.807) is 24.3 Å². The Labute approximate surface area is 235 Å². The van der Waals surface area contributed by atoms with Crippen molar-refractivity contribution in [1.82, 2.24) is 15.1 Å². The van der Waals surface area contributed by atoms with Crippen molar-refractivity contribution in [3.8, 4) is 0 Å². The summed E-state index contributed by atoms with van der Waals surface area (Å²) in [6.45, 7) is 8.87. The standard InChI is InChI=1S/C31H38ClN3O4/c1-21-3-4-24-7-10-28(30(36)33-17-27-20-38-15-16-39-27)22(2)29(24)19-35(21)18-23-11-13-34(14-12-23)31(37)25-5-8-26(32)9-6-25/h4-10,19,21,23,27H,3,11-18,20H2,1-2H3,(H,33,36). The first-order valence-electron chi connectivity index (χ1n) is 14.0. The maximum Gasteiger partial charge on any atom is 0.253 e. The van der Waals surface area contributed by atoms with E-state index < -0.39 is 0 Å². The SMILES string of the molecule is Cc1c(C(=O)NCC2COCCO2)ccc2c1=CN(CC1CCN(C(=O)c3ccc(Cl)cc3)CC1)C(C)CC=2. The number of amides is 2. The molecule has 0 spiro atoms. The fourth-order valence-electron chi connectivity index (χ4n) is 5.65.